The van der Waals surface area contributed by atoms with Crippen LogP contribution in [0.4, 0.5) is 0 Å². The third-order valence-corrected chi connectivity index (χ3v) is 6.02. The van der Waals surface area contributed by atoms with E-state index >= 15 is 0 Å². The number of H-pyrrole nitrogens is 1. The highest BCUT2D eigenvalue weighted by Crippen LogP contribution is 2.23. The largest absolute Gasteiger partial charge is 0.461 e. The predicted octanol–water partition coefficient (Wildman–Crippen LogP) is 4.50. The number of piperidine rings is 1. The number of nitrogens with zero attached hydrogens (tertiary/aromatic N) is 1. The molecule has 2 aromatic heterocycles. The lowest BCUT2D eigenvalue weighted by molar-refractivity contribution is 0.0671. The first-order chi connectivity index (χ1) is 15.1. The van der Waals surface area contributed by atoms with Crippen molar-refractivity contribution in [3.05, 3.63) is 71.6 Å². The Hall–Kier alpha value is -3.54. The highest BCUT2D eigenvalue weighted by atomic mass is 16.3. The lowest BCUT2D eigenvalue weighted by atomic mass is 9.97. The fourth-order valence-corrected chi connectivity index (χ4v) is 4.44. The van der Waals surface area contributed by atoms with Crippen LogP contribution >= 0.6 is 0 Å². The average molecular weight is 415 g/mol. The fraction of sp³-hybridized carbons (Fsp3) is 0.280. The number of aromatic amines is 1. The SMILES string of the molecule is Cc1cc2cc(C(=O)N3CCC[C@@H](CNC(=O)c4cc5ccccc5[nH]4)C3)ccc2o1. The van der Waals surface area contributed by atoms with Crippen molar-refractivity contribution in [3.63, 3.8) is 0 Å². The number of amides is 2. The summed E-state index contributed by atoms with van der Waals surface area (Å²) in [5.74, 6) is 1.00. The normalized spacial score (nSPS) is 16.7. The summed E-state index contributed by atoms with van der Waals surface area (Å²) in [4.78, 5) is 30.7. The van der Waals surface area contributed by atoms with Crippen LogP contribution < -0.4 is 5.32 Å². The van der Waals surface area contributed by atoms with Crippen molar-refractivity contribution in [2.75, 3.05) is 19.6 Å². The van der Waals surface area contributed by atoms with Crippen molar-refractivity contribution in [2.24, 2.45) is 5.92 Å². The van der Waals surface area contributed by atoms with Crippen molar-refractivity contribution in [1.82, 2.24) is 15.2 Å². The number of aryl methyl sites for hydroxylation is 1. The standard InChI is InChI=1S/C25H25N3O3/c1-16-11-20-12-19(8-9-23(20)31-16)25(30)28-10-4-5-17(15-28)14-26-24(29)22-13-18-6-2-3-7-21(18)27-22/h2-3,6-9,11-13,17,27H,4-5,10,14-15H2,1H3,(H,26,29)/t17-/m0/s1. The monoisotopic (exact) mass is 415 g/mol. The summed E-state index contributed by atoms with van der Waals surface area (Å²) in [5.41, 5.74) is 2.99. The van der Waals surface area contributed by atoms with Crippen LogP contribution in [0.25, 0.3) is 21.9 Å². The van der Waals surface area contributed by atoms with Crippen LogP contribution in [0.15, 0.2) is 59.0 Å². The molecule has 4 aromatic rings. The first-order valence-electron chi connectivity index (χ1n) is 10.7. The molecule has 31 heavy (non-hydrogen) atoms. The van der Waals surface area contributed by atoms with E-state index in [1.807, 2.05) is 66.4 Å². The van der Waals surface area contributed by atoms with Crippen molar-refractivity contribution >= 4 is 33.7 Å². The number of benzene rings is 2. The molecule has 1 aliphatic rings. The molecule has 1 atom stereocenters. The number of rotatable bonds is 4. The van der Waals surface area contributed by atoms with Gasteiger partial charge in [-0.3, -0.25) is 9.59 Å². The second-order valence-corrected chi connectivity index (χ2v) is 8.35. The summed E-state index contributed by atoms with van der Waals surface area (Å²) in [6, 6.07) is 17.2. The minimum absolute atomic E-state index is 0.0346. The van der Waals surface area contributed by atoms with Gasteiger partial charge >= 0.3 is 0 Å². The first kappa shape index (κ1) is 19.4. The smallest absolute Gasteiger partial charge is 0.267 e. The van der Waals surface area contributed by atoms with Gasteiger partial charge < -0.3 is 19.6 Å². The van der Waals surface area contributed by atoms with Gasteiger partial charge in [-0.25, -0.2) is 0 Å². The highest BCUT2D eigenvalue weighted by molar-refractivity contribution is 5.98. The Morgan fingerprint density at radius 1 is 1.13 bits per heavy atom. The van der Waals surface area contributed by atoms with Crippen LogP contribution in [0.1, 0.15) is 39.4 Å². The minimum atomic E-state index is -0.111. The second kappa shape index (κ2) is 7.95. The number of nitrogens with one attached hydrogen (secondary N) is 2. The van der Waals surface area contributed by atoms with Gasteiger partial charge in [0.15, 0.2) is 0 Å². The molecule has 3 heterocycles. The Morgan fingerprint density at radius 3 is 2.87 bits per heavy atom. The van der Waals surface area contributed by atoms with Gasteiger partial charge in [0, 0.05) is 41.5 Å². The summed E-state index contributed by atoms with van der Waals surface area (Å²) in [6.45, 7) is 3.85. The van der Waals surface area contributed by atoms with E-state index in [-0.39, 0.29) is 17.7 Å². The average Bonchev–Trinajstić information content (AvgIpc) is 3.39. The zero-order valence-electron chi connectivity index (χ0n) is 17.5. The van der Waals surface area contributed by atoms with Crippen LogP contribution in [-0.4, -0.2) is 41.3 Å². The van der Waals surface area contributed by atoms with Gasteiger partial charge in [0.2, 0.25) is 0 Å². The van der Waals surface area contributed by atoms with Crippen molar-refractivity contribution < 1.29 is 14.0 Å². The Kier molecular flexibility index (Phi) is 4.98. The van der Waals surface area contributed by atoms with Crippen molar-refractivity contribution in [1.29, 1.82) is 0 Å². The number of hydrogen-bond acceptors (Lipinski definition) is 3. The first-order valence-corrected chi connectivity index (χ1v) is 10.7. The van der Waals surface area contributed by atoms with Gasteiger partial charge in [0.05, 0.1) is 0 Å². The summed E-state index contributed by atoms with van der Waals surface area (Å²) in [7, 11) is 0. The predicted molar refractivity (Wildman–Crippen MR) is 120 cm³/mol. The molecule has 2 amide bonds. The fourth-order valence-electron chi connectivity index (χ4n) is 4.44. The molecule has 6 nitrogen and oxygen atoms in total. The van der Waals surface area contributed by atoms with Crippen LogP contribution in [0, 0.1) is 12.8 Å². The number of fused-ring (bicyclic) bond motifs is 2. The molecule has 0 spiro atoms. The molecule has 0 unspecified atom stereocenters. The molecule has 1 aliphatic heterocycles. The summed E-state index contributed by atoms with van der Waals surface area (Å²) >= 11 is 0. The molecule has 6 heteroatoms. The molecule has 5 rings (SSSR count). The molecule has 0 radical (unpaired) electrons. The van der Waals surface area contributed by atoms with E-state index in [1.165, 1.54) is 0 Å². The molecule has 2 aromatic carbocycles. The Balaban J connectivity index is 1.22. The zero-order valence-corrected chi connectivity index (χ0v) is 17.5. The maximum Gasteiger partial charge on any atom is 0.267 e. The minimum Gasteiger partial charge on any atom is -0.461 e. The Labute approximate surface area is 180 Å². The van der Waals surface area contributed by atoms with Gasteiger partial charge in [-0.05, 0) is 62.1 Å². The number of carbonyl (C=O) groups is 2. The number of para-hydroxylation sites is 1. The van der Waals surface area contributed by atoms with Crippen LogP contribution in [0.2, 0.25) is 0 Å². The molecular formula is C25H25N3O3. The summed E-state index contributed by atoms with van der Waals surface area (Å²) in [6.07, 6.45) is 1.93. The van der Waals surface area contributed by atoms with Gasteiger partial charge in [-0.1, -0.05) is 18.2 Å². The third kappa shape index (κ3) is 3.93. The number of likely N-dealkylation sites (tertiary alicyclic amines) is 1. The molecular weight excluding hydrogens is 390 g/mol. The zero-order chi connectivity index (χ0) is 21.4. The summed E-state index contributed by atoms with van der Waals surface area (Å²) < 4.78 is 5.61. The molecule has 1 fully saturated rings. The maximum absolute atomic E-state index is 13.1. The van der Waals surface area contributed by atoms with E-state index in [2.05, 4.69) is 10.3 Å². The van der Waals surface area contributed by atoms with Gasteiger partial charge in [0.1, 0.15) is 17.0 Å². The third-order valence-electron chi connectivity index (χ3n) is 6.02. The topological polar surface area (TPSA) is 78.3 Å². The number of carbonyl (C=O) groups excluding carboxylic acids is 2. The highest BCUT2D eigenvalue weighted by Gasteiger charge is 2.25. The quantitative estimate of drug-likeness (QED) is 0.515. The van der Waals surface area contributed by atoms with Crippen molar-refractivity contribution in [2.45, 2.75) is 19.8 Å². The van der Waals surface area contributed by atoms with E-state index in [0.29, 0.717) is 24.3 Å². The lowest BCUT2D eigenvalue weighted by Crippen LogP contribution is -2.43. The van der Waals surface area contributed by atoms with E-state index < -0.39 is 0 Å². The Bertz CT molecular complexity index is 1240. The Morgan fingerprint density at radius 2 is 2.00 bits per heavy atom. The molecule has 0 aliphatic carbocycles. The molecule has 158 valence electrons. The van der Waals surface area contributed by atoms with Crippen LogP contribution in [0.5, 0.6) is 0 Å². The van der Waals surface area contributed by atoms with Gasteiger partial charge in [-0.15, -0.1) is 0 Å². The molecule has 0 bridgehead atoms. The van der Waals surface area contributed by atoms with Gasteiger partial charge in [-0.2, -0.15) is 0 Å². The number of hydrogen-bond donors (Lipinski definition) is 2. The van der Waals surface area contributed by atoms with E-state index in [1.54, 1.807) is 0 Å². The van der Waals surface area contributed by atoms with Crippen LogP contribution in [0.3, 0.4) is 0 Å². The van der Waals surface area contributed by atoms with E-state index in [0.717, 1.165) is 47.0 Å². The molecule has 2 N–H and O–H groups in total. The van der Waals surface area contributed by atoms with E-state index in [9.17, 15) is 9.59 Å². The summed E-state index contributed by atoms with van der Waals surface area (Å²) in [5, 5.41) is 5.00. The molecule has 1 saturated heterocycles. The van der Waals surface area contributed by atoms with E-state index in [4.69, 9.17) is 4.42 Å². The lowest BCUT2D eigenvalue weighted by Gasteiger charge is -2.33. The molecule has 0 saturated carbocycles. The van der Waals surface area contributed by atoms with Gasteiger partial charge in [0.25, 0.3) is 11.8 Å². The van der Waals surface area contributed by atoms with Crippen molar-refractivity contribution in [3.8, 4) is 0 Å². The number of furan rings is 1. The van der Waals surface area contributed by atoms with Crippen LogP contribution in [-0.2, 0) is 0 Å². The maximum atomic E-state index is 13.1. The number of aromatic nitrogens is 1. The second-order valence-electron chi connectivity index (χ2n) is 8.35.